The SMILES string of the molecule is CC(=O)OCC1=C(C(=O)OC(c2ccccc2)c2ccccc2)N2C(=O)[C@@H](NC3=NCCN3)C2SC1. The number of ether oxygens (including phenoxy) is 2. The molecule has 3 aliphatic heterocycles. The van der Waals surface area contributed by atoms with Crippen LogP contribution in [0.25, 0.3) is 0 Å². The topological polar surface area (TPSA) is 109 Å². The Morgan fingerprint density at radius 3 is 2.39 bits per heavy atom. The van der Waals surface area contributed by atoms with Gasteiger partial charge < -0.3 is 20.1 Å². The van der Waals surface area contributed by atoms with E-state index in [1.807, 2.05) is 60.7 Å². The maximum Gasteiger partial charge on any atom is 0.356 e. The van der Waals surface area contributed by atoms with Gasteiger partial charge in [-0.15, -0.1) is 11.8 Å². The summed E-state index contributed by atoms with van der Waals surface area (Å²) >= 11 is 1.50. The summed E-state index contributed by atoms with van der Waals surface area (Å²) in [7, 11) is 0. The Balaban J connectivity index is 1.44. The summed E-state index contributed by atoms with van der Waals surface area (Å²) in [5.41, 5.74) is 2.29. The third-order valence-electron chi connectivity index (χ3n) is 6.09. The molecule has 1 unspecified atom stereocenters. The second kappa shape index (κ2) is 10.4. The molecule has 0 saturated carbocycles. The minimum absolute atomic E-state index is 0.0863. The van der Waals surface area contributed by atoms with Crippen LogP contribution in [0.5, 0.6) is 0 Å². The van der Waals surface area contributed by atoms with Crippen molar-refractivity contribution in [3.8, 4) is 0 Å². The van der Waals surface area contributed by atoms with Crippen LogP contribution in [-0.2, 0) is 23.9 Å². The van der Waals surface area contributed by atoms with E-state index in [0.717, 1.165) is 17.7 Å². The summed E-state index contributed by atoms with van der Waals surface area (Å²) in [5, 5.41) is 5.95. The first-order valence-corrected chi connectivity index (χ1v) is 12.7. The molecule has 9 nitrogen and oxygen atoms in total. The van der Waals surface area contributed by atoms with Crippen LogP contribution in [0.1, 0.15) is 24.2 Å². The van der Waals surface area contributed by atoms with Crippen LogP contribution in [0.3, 0.4) is 0 Å². The van der Waals surface area contributed by atoms with Gasteiger partial charge in [-0.25, -0.2) is 4.79 Å². The average molecular weight is 507 g/mol. The minimum Gasteiger partial charge on any atom is -0.461 e. The fourth-order valence-electron chi connectivity index (χ4n) is 4.36. The Bertz CT molecular complexity index is 1180. The number of esters is 2. The molecule has 0 spiro atoms. The number of carbonyl (C=O) groups is 3. The Morgan fingerprint density at radius 2 is 1.81 bits per heavy atom. The van der Waals surface area contributed by atoms with Gasteiger partial charge in [-0.2, -0.15) is 0 Å². The summed E-state index contributed by atoms with van der Waals surface area (Å²) in [4.78, 5) is 44.2. The number of carbonyl (C=O) groups excluding carboxylic acids is 3. The Morgan fingerprint density at radius 1 is 1.14 bits per heavy atom. The summed E-state index contributed by atoms with van der Waals surface area (Å²) < 4.78 is 11.3. The number of nitrogens with zero attached hydrogens (tertiary/aromatic N) is 2. The Kier molecular flexibility index (Phi) is 6.95. The number of thioether (sulfide) groups is 1. The molecular formula is C26H26N4O5S. The smallest absolute Gasteiger partial charge is 0.356 e. The van der Waals surface area contributed by atoms with Crippen LogP contribution in [0.15, 0.2) is 76.9 Å². The number of hydrogen-bond donors (Lipinski definition) is 2. The molecule has 186 valence electrons. The van der Waals surface area contributed by atoms with Gasteiger partial charge in [0.2, 0.25) is 0 Å². The normalized spacial score (nSPS) is 20.8. The minimum atomic E-state index is -0.669. The predicted molar refractivity (Wildman–Crippen MR) is 135 cm³/mol. The molecule has 2 aromatic rings. The van der Waals surface area contributed by atoms with Gasteiger partial charge >= 0.3 is 11.9 Å². The first-order chi connectivity index (χ1) is 17.5. The predicted octanol–water partition coefficient (Wildman–Crippen LogP) is 1.97. The maximum atomic E-state index is 13.7. The number of rotatable bonds is 7. The summed E-state index contributed by atoms with van der Waals surface area (Å²) in [6.07, 6.45) is -0.669. The maximum absolute atomic E-state index is 13.7. The van der Waals surface area contributed by atoms with E-state index in [1.54, 1.807) is 0 Å². The third kappa shape index (κ3) is 4.81. The zero-order valence-corrected chi connectivity index (χ0v) is 20.5. The molecule has 10 heteroatoms. The molecule has 2 N–H and O–H groups in total. The van der Waals surface area contributed by atoms with Gasteiger partial charge in [0.25, 0.3) is 5.91 Å². The summed E-state index contributed by atoms with van der Waals surface area (Å²) in [6, 6.07) is 18.4. The fourth-order valence-corrected chi connectivity index (χ4v) is 5.69. The lowest BCUT2D eigenvalue weighted by molar-refractivity contribution is -0.153. The van der Waals surface area contributed by atoms with Crippen molar-refractivity contribution in [1.82, 2.24) is 15.5 Å². The van der Waals surface area contributed by atoms with Gasteiger partial charge in [-0.1, -0.05) is 60.7 Å². The van der Waals surface area contributed by atoms with Crippen LogP contribution in [0.4, 0.5) is 0 Å². The van der Waals surface area contributed by atoms with Crippen molar-refractivity contribution in [2.75, 3.05) is 25.4 Å². The van der Waals surface area contributed by atoms with E-state index < -0.39 is 24.1 Å². The first-order valence-electron chi connectivity index (χ1n) is 11.7. The summed E-state index contributed by atoms with van der Waals surface area (Å²) in [5.74, 6) is -0.352. The van der Waals surface area contributed by atoms with E-state index in [9.17, 15) is 14.4 Å². The van der Waals surface area contributed by atoms with Crippen molar-refractivity contribution < 1.29 is 23.9 Å². The van der Waals surface area contributed by atoms with E-state index in [2.05, 4.69) is 15.6 Å². The second-order valence-corrected chi connectivity index (χ2v) is 9.63. The third-order valence-corrected chi connectivity index (χ3v) is 7.43. The highest BCUT2D eigenvalue weighted by molar-refractivity contribution is 8.00. The van der Waals surface area contributed by atoms with Gasteiger partial charge in [0.15, 0.2) is 12.1 Å². The van der Waals surface area contributed by atoms with Gasteiger partial charge in [-0.05, 0) is 11.1 Å². The van der Waals surface area contributed by atoms with Crippen molar-refractivity contribution in [3.63, 3.8) is 0 Å². The lowest BCUT2D eigenvalue weighted by Gasteiger charge is -2.50. The molecule has 1 amide bonds. The molecule has 0 bridgehead atoms. The van der Waals surface area contributed by atoms with Crippen LogP contribution in [0.2, 0.25) is 0 Å². The molecule has 1 saturated heterocycles. The molecule has 1 fully saturated rings. The molecular weight excluding hydrogens is 480 g/mol. The lowest BCUT2D eigenvalue weighted by Crippen LogP contribution is -2.71. The second-order valence-electron chi connectivity index (χ2n) is 8.53. The highest BCUT2D eigenvalue weighted by atomic mass is 32.2. The number of benzene rings is 2. The van der Waals surface area contributed by atoms with E-state index in [4.69, 9.17) is 9.47 Å². The zero-order chi connectivity index (χ0) is 25.1. The fraction of sp³-hybridized carbons (Fsp3) is 0.308. The highest BCUT2D eigenvalue weighted by Crippen LogP contribution is 2.41. The molecule has 3 heterocycles. The molecule has 36 heavy (non-hydrogen) atoms. The van der Waals surface area contributed by atoms with Crippen molar-refractivity contribution in [2.24, 2.45) is 4.99 Å². The highest BCUT2D eigenvalue weighted by Gasteiger charge is 2.54. The van der Waals surface area contributed by atoms with Gasteiger partial charge in [0, 0.05) is 24.8 Å². The number of hydrogen-bond acceptors (Lipinski definition) is 9. The molecule has 0 aliphatic carbocycles. The number of nitrogens with one attached hydrogen (secondary N) is 2. The number of amides is 1. The van der Waals surface area contributed by atoms with E-state index in [-0.39, 0.29) is 23.6 Å². The Labute approximate surface area is 212 Å². The van der Waals surface area contributed by atoms with Crippen LogP contribution in [0, 0.1) is 0 Å². The zero-order valence-electron chi connectivity index (χ0n) is 19.7. The van der Waals surface area contributed by atoms with Crippen LogP contribution >= 0.6 is 11.8 Å². The lowest BCUT2D eigenvalue weighted by atomic mass is 10.0. The van der Waals surface area contributed by atoms with Gasteiger partial charge in [0.05, 0.1) is 6.54 Å². The molecule has 0 radical (unpaired) electrons. The standard InChI is InChI=1S/C26H26N4O5S/c1-16(31)34-14-19-15-36-24-20(29-26-27-12-13-28-26)23(32)30(24)21(19)25(33)35-22(17-8-4-2-5-9-17)18-10-6-3-7-11-18/h2-11,20,22,24H,12-15H2,1H3,(H2,27,28,29)/t20-,24?/m1/s1. The largest absolute Gasteiger partial charge is 0.461 e. The van der Waals surface area contributed by atoms with Gasteiger partial charge in [0.1, 0.15) is 23.7 Å². The van der Waals surface area contributed by atoms with Crippen LogP contribution < -0.4 is 10.6 Å². The molecule has 2 atom stereocenters. The number of β-lactam (4-membered cyclic amide) rings is 1. The van der Waals surface area contributed by atoms with Crippen molar-refractivity contribution in [2.45, 2.75) is 24.4 Å². The molecule has 3 aliphatic rings. The molecule has 5 rings (SSSR count). The molecule has 0 aromatic heterocycles. The van der Waals surface area contributed by atoms with Gasteiger partial charge in [-0.3, -0.25) is 19.5 Å². The number of fused-ring (bicyclic) bond motifs is 1. The van der Waals surface area contributed by atoms with Crippen molar-refractivity contribution in [1.29, 1.82) is 0 Å². The number of guanidine groups is 1. The van der Waals surface area contributed by atoms with Crippen molar-refractivity contribution in [3.05, 3.63) is 83.1 Å². The number of aliphatic imine (C=N–C) groups is 1. The quantitative estimate of drug-likeness (QED) is 0.434. The Hall–Kier alpha value is -3.79. The monoisotopic (exact) mass is 506 g/mol. The average Bonchev–Trinajstić information content (AvgIpc) is 3.43. The van der Waals surface area contributed by atoms with E-state index in [1.165, 1.54) is 23.6 Å². The van der Waals surface area contributed by atoms with Crippen molar-refractivity contribution >= 4 is 35.6 Å². The first kappa shape index (κ1) is 23.9. The molecule has 2 aromatic carbocycles. The summed E-state index contributed by atoms with van der Waals surface area (Å²) in [6.45, 7) is 2.59. The van der Waals surface area contributed by atoms with Crippen LogP contribution in [-0.4, -0.2) is 65.6 Å². The van der Waals surface area contributed by atoms with E-state index in [0.29, 0.717) is 23.8 Å². The van der Waals surface area contributed by atoms with E-state index >= 15 is 0 Å².